The molecule has 0 spiro atoms. The first-order valence-corrected chi connectivity index (χ1v) is 7.27. The van der Waals surface area contributed by atoms with E-state index in [0.717, 1.165) is 24.9 Å². The number of nitrogens with zero attached hydrogens (tertiary/aromatic N) is 1. The molecule has 3 atom stereocenters. The predicted molar refractivity (Wildman–Crippen MR) is 71.1 cm³/mol. The highest BCUT2D eigenvalue weighted by atomic mass is 16.3. The summed E-state index contributed by atoms with van der Waals surface area (Å²) in [5, 5.41) is 12.8. The zero-order valence-electron chi connectivity index (χ0n) is 11.4. The Morgan fingerprint density at radius 1 is 1.41 bits per heavy atom. The second kappa shape index (κ2) is 5.68. The summed E-state index contributed by atoms with van der Waals surface area (Å²) in [6.07, 6.45) is 6.62. The Labute approximate surface area is 106 Å². The van der Waals surface area contributed by atoms with Crippen LogP contribution in [-0.4, -0.2) is 47.8 Å². The van der Waals surface area contributed by atoms with E-state index in [-0.39, 0.29) is 12.1 Å². The molecule has 2 bridgehead atoms. The Hall–Kier alpha value is -0.120. The molecular formula is C14H28N2O. The van der Waals surface area contributed by atoms with Gasteiger partial charge in [-0.3, -0.25) is 0 Å². The maximum Gasteiger partial charge on any atom is 0.0610 e. The van der Waals surface area contributed by atoms with Crippen LogP contribution in [0.2, 0.25) is 0 Å². The van der Waals surface area contributed by atoms with E-state index in [1.807, 2.05) is 0 Å². The summed E-state index contributed by atoms with van der Waals surface area (Å²) in [4.78, 5) is 2.68. The SMILES string of the molecule is CCNC(C)(CO)CCCN1CC2CCC1C2. The highest BCUT2D eigenvalue weighted by Gasteiger charge is 2.37. The number of fused-ring (bicyclic) bond motifs is 2. The topological polar surface area (TPSA) is 35.5 Å². The van der Waals surface area contributed by atoms with E-state index in [1.54, 1.807) is 0 Å². The van der Waals surface area contributed by atoms with Crippen LogP contribution in [0.3, 0.4) is 0 Å². The van der Waals surface area contributed by atoms with Crippen LogP contribution in [0.25, 0.3) is 0 Å². The van der Waals surface area contributed by atoms with Crippen LogP contribution in [0.4, 0.5) is 0 Å². The van der Waals surface area contributed by atoms with Gasteiger partial charge in [-0.1, -0.05) is 6.92 Å². The fourth-order valence-electron chi connectivity index (χ4n) is 3.62. The minimum absolute atomic E-state index is 0.0759. The second-order valence-electron chi connectivity index (χ2n) is 6.18. The predicted octanol–water partition coefficient (Wildman–Crippen LogP) is 1.61. The molecule has 1 saturated heterocycles. The van der Waals surface area contributed by atoms with E-state index in [0.29, 0.717) is 0 Å². The fraction of sp³-hybridized carbons (Fsp3) is 1.00. The fourth-order valence-corrected chi connectivity index (χ4v) is 3.62. The highest BCUT2D eigenvalue weighted by molar-refractivity contribution is 4.92. The van der Waals surface area contributed by atoms with Gasteiger partial charge in [-0.05, 0) is 58.0 Å². The molecule has 3 heteroatoms. The van der Waals surface area contributed by atoms with Crippen molar-refractivity contribution in [2.75, 3.05) is 26.2 Å². The van der Waals surface area contributed by atoms with Gasteiger partial charge in [0.1, 0.15) is 0 Å². The molecule has 3 nitrogen and oxygen atoms in total. The first kappa shape index (κ1) is 13.3. The lowest BCUT2D eigenvalue weighted by Crippen LogP contribution is -2.46. The van der Waals surface area contributed by atoms with Crippen molar-refractivity contribution in [3.05, 3.63) is 0 Å². The molecule has 1 aliphatic carbocycles. The normalized spacial score (nSPS) is 31.9. The monoisotopic (exact) mass is 240 g/mol. The second-order valence-corrected chi connectivity index (χ2v) is 6.18. The first-order chi connectivity index (χ1) is 8.17. The van der Waals surface area contributed by atoms with Gasteiger partial charge in [0.15, 0.2) is 0 Å². The summed E-state index contributed by atoms with van der Waals surface area (Å²) < 4.78 is 0. The van der Waals surface area contributed by atoms with E-state index in [1.165, 1.54) is 38.8 Å². The molecule has 2 fully saturated rings. The molecule has 0 aromatic heterocycles. The number of hydrogen-bond donors (Lipinski definition) is 2. The van der Waals surface area contributed by atoms with Crippen LogP contribution in [-0.2, 0) is 0 Å². The van der Waals surface area contributed by atoms with Gasteiger partial charge in [0.25, 0.3) is 0 Å². The quantitative estimate of drug-likeness (QED) is 0.710. The molecule has 0 aromatic rings. The van der Waals surface area contributed by atoms with Crippen LogP contribution < -0.4 is 5.32 Å². The van der Waals surface area contributed by atoms with Crippen molar-refractivity contribution in [1.82, 2.24) is 10.2 Å². The van der Waals surface area contributed by atoms with Crippen molar-refractivity contribution >= 4 is 0 Å². The average Bonchev–Trinajstić information content (AvgIpc) is 2.91. The zero-order valence-corrected chi connectivity index (χ0v) is 11.4. The van der Waals surface area contributed by atoms with Crippen molar-refractivity contribution in [3.63, 3.8) is 0 Å². The molecule has 3 unspecified atom stereocenters. The number of nitrogens with one attached hydrogen (secondary N) is 1. The maximum absolute atomic E-state index is 9.44. The third kappa shape index (κ3) is 3.21. The van der Waals surface area contributed by atoms with Gasteiger partial charge in [0, 0.05) is 18.1 Å². The average molecular weight is 240 g/mol. The number of piperidine rings is 1. The third-order valence-corrected chi connectivity index (χ3v) is 4.65. The van der Waals surface area contributed by atoms with E-state index in [2.05, 4.69) is 24.1 Å². The van der Waals surface area contributed by atoms with Crippen LogP contribution in [0.5, 0.6) is 0 Å². The lowest BCUT2D eigenvalue weighted by atomic mass is 9.96. The standard InChI is InChI=1S/C14H28N2O/c1-3-15-14(2,11-17)7-4-8-16-10-12-5-6-13(16)9-12/h12-13,15,17H,3-11H2,1-2H3. The Morgan fingerprint density at radius 3 is 2.76 bits per heavy atom. The molecule has 100 valence electrons. The van der Waals surface area contributed by atoms with Gasteiger partial charge >= 0.3 is 0 Å². The molecular weight excluding hydrogens is 212 g/mol. The molecule has 1 heterocycles. The van der Waals surface area contributed by atoms with Gasteiger partial charge in [-0.25, -0.2) is 0 Å². The Balaban J connectivity index is 1.68. The van der Waals surface area contributed by atoms with Gasteiger partial charge in [0.2, 0.25) is 0 Å². The molecule has 1 saturated carbocycles. The van der Waals surface area contributed by atoms with Gasteiger partial charge in [-0.15, -0.1) is 0 Å². The molecule has 2 rings (SSSR count). The summed E-state index contributed by atoms with van der Waals surface area (Å²) >= 11 is 0. The number of likely N-dealkylation sites (tertiary alicyclic amines) is 1. The number of likely N-dealkylation sites (N-methyl/N-ethyl adjacent to an activating group) is 1. The third-order valence-electron chi connectivity index (χ3n) is 4.65. The minimum Gasteiger partial charge on any atom is -0.394 e. The van der Waals surface area contributed by atoms with E-state index in [4.69, 9.17) is 0 Å². The Bertz CT molecular complexity index is 246. The summed E-state index contributed by atoms with van der Waals surface area (Å²) in [5.41, 5.74) is -0.0759. The molecule has 0 aromatic carbocycles. The van der Waals surface area contributed by atoms with Crippen LogP contribution in [0.1, 0.15) is 46.0 Å². The van der Waals surface area contributed by atoms with Crippen molar-refractivity contribution in [2.45, 2.75) is 57.5 Å². The number of aliphatic hydroxyl groups is 1. The minimum atomic E-state index is -0.0759. The van der Waals surface area contributed by atoms with Gasteiger partial charge < -0.3 is 15.3 Å². The van der Waals surface area contributed by atoms with Crippen molar-refractivity contribution in [1.29, 1.82) is 0 Å². The van der Waals surface area contributed by atoms with Crippen LogP contribution >= 0.6 is 0 Å². The molecule has 2 N–H and O–H groups in total. The van der Waals surface area contributed by atoms with Crippen molar-refractivity contribution in [3.8, 4) is 0 Å². The Morgan fingerprint density at radius 2 is 2.24 bits per heavy atom. The molecule has 17 heavy (non-hydrogen) atoms. The summed E-state index contributed by atoms with van der Waals surface area (Å²) in [6.45, 7) is 7.97. The van der Waals surface area contributed by atoms with E-state index in [9.17, 15) is 5.11 Å². The maximum atomic E-state index is 9.44. The largest absolute Gasteiger partial charge is 0.394 e. The summed E-state index contributed by atoms with van der Waals surface area (Å²) in [7, 11) is 0. The van der Waals surface area contributed by atoms with E-state index >= 15 is 0 Å². The highest BCUT2D eigenvalue weighted by Crippen LogP contribution is 2.37. The summed E-state index contributed by atoms with van der Waals surface area (Å²) in [5.74, 6) is 0.998. The molecule has 0 radical (unpaired) electrons. The van der Waals surface area contributed by atoms with Crippen molar-refractivity contribution < 1.29 is 5.11 Å². The van der Waals surface area contributed by atoms with Crippen LogP contribution in [0, 0.1) is 5.92 Å². The first-order valence-electron chi connectivity index (χ1n) is 7.27. The number of aliphatic hydroxyl groups excluding tert-OH is 1. The molecule has 0 amide bonds. The Kier molecular flexibility index (Phi) is 4.45. The number of rotatable bonds is 7. The smallest absolute Gasteiger partial charge is 0.0610 e. The number of hydrogen-bond acceptors (Lipinski definition) is 3. The zero-order chi connectivity index (χ0) is 12.3. The van der Waals surface area contributed by atoms with Crippen molar-refractivity contribution in [2.24, 2.45) is 5.92 Å². The van der Waals surface area contributed by atoms with Gasteiger partial charge in [-0.2, -0.15) is 0 Å². The van der Waals surface area contributed by atoms with Crippen LogP contribution in [0.15, 0.2) is 0 Å². The lowest BCUT2D eigenvalue weighted by molar-refractivity contribution is 0.151. The van der Waals surface area contributed by atoms with Gasteiger partial charge in [0.05, 0.1) is 6.61 Å². The lowest BCUT2D eigenvalue weighted by Gasteiger charge is -2.31. The molecule has 2 aliphatic rings. The summed E-state index contributed by atoms with van der Waals surface area (Å²) in [6, 6.07) is 0.888. The van der Waals surface area contributed by atoms with E-state index < -0.39 is 0 Å². The molecule has 1 aliphatic heterocycles.